The molecule has 0 amide bonds. The van der Waals surface area contributed by atoms with E-state index in [1.54, 1.807) is 7.11 Å². The van der Waals surface area contributed by atoms with Gasteiger partial charge in [0.05, 0.1) is 26.3 Å². The van der Waals surface area contributed by atoms with E-state index in [0.717, 1.165) is 53.8 Å². The van der Waals surface area contributed by atoms with Gasteiger partial charge in [-0.15, -0.1) is 0 Å². The number of benzene rings is 2. The predicted octanol–water partition coefficient (Wildman–Crippen LogP) is 3.31. The summed E-state index contributed by atoms with van der Waals surface area (Å²) in [5.74, 6) is 1.77. The number of carbonyl (C=O) groups is 1. The van der Waals surface area contributed by atoms with Crippen LogP contribution in [-0.2, 0) is 9.53 Å². The summed E-state index contributed by atoms with van der Waals surface area (Å²) in [6, 6.07) is 11.7. The minimum absolute atomic E-state index is 0.196. The molecule has 3 aromatic rings. The number of hydrogen-bond donors (Lipinski definition) is 1. The molecule has 0 saturated carbocycles. The fraction of sp³-hybridized carbons (Fsp3) is 0.375. The van der Waals surface area contributed by atoms with E-state index in [2.05, 4.69) is 41.0 Å². The van der Waals surface area contributed by atoms with Crippen LogP contribution in [0.5, 0.6) is 11.5 Å². The number of halogens is 1. The third-order valence-corrected chi connectivity index (χ3v) is 6.21. The minimum Gasteiger partial charge on any atom is -0.493 e. The molecule has 34 heavy (non-hydrogen) atoms. The van der Waals surface area contributed by atoms with E-state index in [-0.39, 0.29) is 5.97 Å². The molecular formula is C24H28BrN5O4. The number of aromatic nitrogens is 2. The lowest BCUT2D eigenvalue weighted by Gasteiger charge is -2.33. The van der Waals surface area contributed by atoms with Gasteiger partial charge in [-0.2, -0.15) is 0 Å². The van der Waals surface area contributed by atoms with Crippen molar-refractivity contribution in [3.63, 3.8) is 0 Å². The summed E-state index contributed by atoms with van der Waals surface area (Å²) in [5.41, 5.74) is 1.68. The molecule has 1 aliphatic rings. The van der Waals surface area contributed by atoms with Crippen LogP contribution in [0, 0.1) is 0 Å². The lowest BCUT2D eigenvalue weighted by Crippen LogP contribution is -2.48. The highest BCUT2D eigenvalue weighted by molar-refractivity contribution is 9.10. The second kappa shape index (κ2) is 11.5. The standard InChI is InChI=1S/C24H28BrN5O4/c1-32-21-14-20-19(24(27-16-26-20)28-18-5-3-4-17(25)12-18)13-22(21)34-11-10-29-6-8-30(9-7-29)15-23(31)33-2/h3-5,12-14,16H,6-11,15H2,1-2H3,(H,26,27,28). The Bertz CT molecular complexity index is 1140. The van der Waals surface area contributed by atoms with Crippen LogP contribution in [0.4, 0.5) is 11.5 Å². The molecule has 0 radical (unpaired) electrons. The lowest BCUT2D eigenvalue weighted by molar-refractivity contribution is -0.142. The van der Waals surface area contributed by atoms with Gasteiger partial charge in [0.15, 0.2) is 11.5 Å². The van der Waals surface area contributed by atoms with Crippen molar-refractivity contribution >= 4 is 44.3 Å². The van der Waals surface area contributed by atoms with Crippen molar-refractivity contribution in [2.45, 2.75) is 0 Å². The highest BCUT2D eigenvalue weighted by Crippen LogP contribution is 2.35. The average Bonchev–Trinajstić information content (AvgIpc) is 2.85. The summed E-state index contributed by atoms with van der Waals surface area (Å²) < 4.78 is 17.4. The van der Waals surface area contributed by atoms with Crippen LogP contribution in [0.25, 0.3) is 10.9 Å². The SMILES string of the molecule is COC(=O)CN1CCN(CCOc2cc3c(Nc4cccc(Br)c4)ncnc3cc2OC)CC1. The molecular weight excluding hydrogens is 502 g/mol. The van der Waals surface area contributed by atoms with Crippen LogP contribution in [0.3, 0.4) is 0 Å². The fourth-order valence-corrected chi connectivity index (χ4v) is 4.24. The third-order valence-electron chi connectivity index (χ3n) is 5.72. The van der Waals surface area contributed by atoms with Crippen LogP contribution in [0.2, 0.25) is 0 Å². The highest BCUT2D eigenvalue weighted by Gasteiger charge is 2.19. The zero-order valence-electron chi connectivity index (χ0n) is 19.3. The van der Waals surface area contributed by atoms with E-state index >= 15 is 0 Å². The molecule has 0 atom stereocenters. The van der Waals surface area contributed by atoms with Crippen LogP contribution in [-0.4, -0.2) is 85.8 Å². The summed E-state index contributed by atoms with van der Waals surface area (Å²) in [6.45, 7) is 5.05. The molecule has 1 saturated heterocycles. The summed E-state index contributed by atoms with van der Waals surface area (Å²) in [5, 5.41) is 4.20. The second-order valence-corrected chi connectivity index (χ2v) is 8.84. The Balaban J connectivity index is 1.41. The molecule has 9 nitrogen and oxygen atoms in total. The molecule has 2 aromatic carbocycles. The summed E-state index contributed by atoms with van der Waals surface area (Å²) in [7, 11) is 3.04. The van der Waals surface area contributed by atoms with Gasteiger partial charge < -0.3 is 19.5 Å². The topological polar surface area (TPSA) is 89.1 Å². The molecule has 0 aliphatic carbocycles. The van der Waals surface area contributed by atoms with Crippen molar-refractivity contribution in [3.05, 3.63) is 47.2 Å². The van der Waals surface area contributed by atoms with E-state index < -0.39 is 0 Å². The van der Waals surface area contributed by atoms with Gasteiger partial charge in [-0.05, 0) is 24.3 Å². The quantitative estimate of drug-likeness (QED) is 0.419. The van der Waals surface area contributed by atoms with Gasteiger partial charge in [-0.25, -0.2) is 9.97 Å². The average molecular weight is 530 g/mol. The smallest absolute Gasteiger partial charge is 0.319 e. The van der Waals surface area contributed by atoms with Gasteiger partial charge in [0.2, 0.25) is 0 Å². The van der Waals surface area contributed by atoms with Crippen LogP contribution in [0.1, 0.15) is 0 Å². The van der Waals surface area contributed by atoms with Crippen molar-refractivity contribution < 1.29 is 19.0 Å². The second-order valence-electron chi connectivity index (χ2n) is 7.92. The zero-order chi connectivity index (χ0) is 23.9. The fourth-order valence-electron chi connectivity index (χ4n) is 3.84. The Kier molecular flexibility index (Phi) is 8.15. The molecule has 1 aromatic heterocycles. The lowest BCUT2D eigenvalue weighted by atomic mass is 10.2. The van der Waals surface area contributed by atoms with Gasteiger partial charge in [-0.1, -0.05) is 22.0 Å². The Morgan fingerprint density at radius 1 is 1.06 bits per heavy atom. The Hall–Kier alpha value is -2.95. The largest absolute Gasteiger partial charge is 0.493 e. The number of methoxy groups -OCH3 is 2. The Labute approximate surface area is 207 Å². The summed E-state index contributed by atoms with van der Waals surface area (Å²) in [6.07, 6.45) is 1.53. The van der Waals surface area contributed by atoms with E-state index in [0.29, 0.717) is 30.5 Å². The highest BCUT2D eigenvalue weighted by atomic mass is 79.9. The minimum atomic E-state index is -0.196. The van der Waals surface area contributed by atoms with E-state index in [1.807, 2.05) is 36.4 Å². The normalized spacial score (nSPS) is 14.7. The summed E-state index contributed by atoms with van der Waals surface area (Å²) in [4.78, 5) is 24.7. The first-order valence-corrected chi connectivity index (χ1v) is 11.8. The van der Waals surface area contributed by atoms with Gasteiger partial charge in [0.1, 0.15) is 18.8 Å². The van der Waals surface area contributed by atoms with Crippen molar-refractivity contribution in [2.24, 2.45) is 0 Å². The number of carbonyl (C=O) groups excluding carboxylic acids is 1. The number of esters is 1. The van der Waals surface area contributed by atoms with E-state index in [1.165, 1.54) is 13.4 Å². The van der Waals surface area contributed by atoms with Crippen LogP contribution >= 0.6 is 15.9 Å². The number of ether oxygens (including phenoxy) is 3. The molecule has 4 rings (SSSR count). The number of nitrogens with one attached hydrogen (secondary N) is 1. The Morgan fingerprint density at radius 2 is 1.85 bits per heavy atom. The number of piperazine rings is 1. The van der Waals surface area contributed by atoms with Crippen LogP contribution < -0.4 is 14.8 Å². The van der Waals surface area contributed by atoms with Crippen molar-refractivity contribution in [3.8, 4) is 11.5 Å². The maximum atomic E-state index is 11.5. The number of rotatable bonds is 9. The van der Waals surface area contributed by atoms with Crippen LogP contribution in [0.15, 0.2) is 47.2 Å². The predicted molar refractivity (Wildman–Crippen MR) is 134 cm³/mol. The molecule has 1 aliphatic heterocycles. The van der Waals surface area contributed by atoms with Gasteiger partial charge in [0.25, 0.3) is 0 Å². The maximum Gasteiger partial charge on any atom is 0.319 e. The molecule has 0 unspecified atom stereocenters. The molecule has 10 heteroatoms. The Morgan fingerprint density at radius 3 is 2.59 bits per heavy atom. The van der Waals surface area contributed by atoms with Gasteiger partial charge in [-0.3, -0.25) is 14.6 Å². The molecule has 0 bridgehead atoms. The molecule has 2 heterocycles. The molecule has 180 valence electrons. The number of anilines is 2. The zero-order valence-corrected chi connectivity index (χ0v) is 20.9. The molecule has 1 fully saturated rings. The summed E-state index contributed by atoms with van der Waals surface area (Å²) >= 11 is 3.50. The van der Waals surface area contributed by atoms with Crippen molar-refractivity contribution in [1.29, 1.82) is 0 Å². The maximum absolute atomic E-state index is 11.5. The van der Waals surface area contributed by atoms with Crippen molar-refractivity contribution in [2.75, 3.05) is 65.4 Å². The first kappa shape index (κ1) is 24.2. The first-order chi connectivity index (χ1) is 16.6. The first-order valence-electron chi connectivity index (χ1n) is 11.1. The molecule has 1 N–H and O–H groups in total. The van der Waals surface area contributed by atoms with E-state index in [9.17, 15) is 4.79 Å². The third kappa shape index (κ3) is 6.13. The van der Waals surface area contributed by atoms with Crippen molar-refractivity contribution in [1.82, 2.24) is 19.8 Å². The monoisotopic (exact) mass is 529 g/mol. The van der Waals surface area contributed by atoms with E-state index in [4.69, 9.17) is 14.2 Å². The number of nitrogens with zero attached hydrogens (tertiary/aromatic N) is 4. The molecule has 0 spiro atoms. The van der Waals surface area contributed by atoms with Gasteiger partial charge >= 0.3 is 5.97 Å². The van der Waals surface area contributed by atoms with Gasteiger partial charge in [0, 0.05) is 54.3 Å². The number of hydrogen-bond acceptors (Lipinski definition) is 9. The number of fused-ring (bicyclic) bond motifs is 1.